The molecule has 1 amide bonds. The van der Waals surface area contributed by atoms with Crippen molar-refractivity contribution in [3.05, 3.63) is 59.7 Å². The van der Waals surface area contributed by atoms with Crippen LogP contribution >= 0.6 is 0 Å². The number of nitrogens with zero attached hydrogens (tertiary/aromatic N) is 1. The first-order valence-corrected chi connectivity index (χ1v) is 8.97. The number of carbonyl (C=O) groups is 2. The summed E-state index contributed by atoms with van der Waals surface area (Å²) in [4.78, 5) is 23.7. The van der Waals surface area contributed by atoms with Crippen LogP contribution in [-0.4, -0.2) is 32.2 Å². The monoisotopic (exact) mass is 394 g/mol. The molecule has 0 aliphatic heterocycles. The molecule has 7 nitrogen and oxygen atoms in total. The highest BCUT2D eigenvalue weighted by Crippen LogP contribution is 2.28. The van der Waals surface area contributed by atoms with Crippen molar-refractivity contribution in [3.8, 4) is 17.6 Å². The van der Waals surface area contributed by atoms with E-state index in [9.17, 15) is 9.59 Å². The first-order chi connectivity index (χ1) is 14.0. The Balaban J connectivity index is 1.84. The van der Waals surface area contributed by atoms with Gasteiger partial charge in [0.05, 0.1) is 26.2 Å². The lowest BCUT2D eigenvalue weighted by molar-refractivity contribution is -0.142. The highest BCUT2D eigenvalue weighted by molar-refractivity contribution is 5.94. The fourth-order valence-corrected chi connectivity index (χ4v) is 2.41. The molecule has 2 aromatic rings. The minimum atomic E-state index is -0.641. The molecule has 0 saturated carbocycles. The number of amides is 1. The van der Waals surface area contributed by atoms with Crippen LogP contribution < -0.4 is 14.8 Å². The van der Waals surface area contributed by atoms with Gasteiger partial charge in [0.2, 0.25) is 0 Å². The van der Waals surface area contributed by atoms with Crippen molar-refractivity contribution < 1.29 is 23.8 Å². The van der Waals surface area contributed by atoms with E-state index in [1.165, 1.54) is 13.2 Å². The van der Waals surface area contributed by atoms with Gasteiger partial charge in [-0.15, -0.1) is 0 Å². The zero-order chi connectivity index (χ0) is 21.1. The molecule has 0 saturated heterocycles. The molecular weight excluding hydrogens is 372 g/mol. The number of methoxy groups -OCH3 is 1. The van der Waals surface area contributed by atoms with E-state index < -0.39 is 18.5 Å². The van der Waals surface area contributed by atoms with Crippen molar-refractivity contribution in [2.24, 2.45) is 0 Å². The maximum absolute atomic E-state index is 11.9. The van der Waals surface area contributed by atoms with Gasteiger partial charge in [-0.3, -0.25) is 4.79 Å². The van der Waals surface area contributed by atoms with Crippen LogP contribution in [-0.2, 0) is 20.7 Å². The Morgan fingerprint density at radius 3 is 2.55 bits per heavy atom. The van der Waals surface area contributed by atoms with E-state index >= 15 is 0 Å². The fraction of sp³-hybridized carbons (Fsp3) is 0.227. The van der Waals surface area contributed by atoms with Crippen LogP contribution in [0.25, 0.3) is 6.08 Å². The lowest BCUT2D eigenvalue weighted by Crippen LogP contribution is -2.20. The molecule has 2 aromatic carbocycles. The molecule has 150 valence electrons. The predicted molar refractivity (Wildman–Crippen MR) is 109 cm³/mol. The van der Waals surface area contributed by atoms with Crippen molar-refractivity contribution in [3.63, 3.8) is 0 Å². The second kappa shape index (κ2) is 11.1. The van der Waals surface area contributed by atoms with Crippen molar-refractivity contribution in [1.82, 2.24) is 0 Å². The molecule has 1 N–H and O–H groups in total. The highest BCUT2D eigenvalue weighted by atomic mass is 16.5. The zero-order valence-corrected chi connectivity index (χ0v) is 16.3. The van der Waals surface area contributed by atoms with Gasteiger partial charge in [-0.1, -0.05) is 18.2 Å². The summed E-state index contributed by atoms with van der Waals surface area (Å²) in [6.07, 6.45) is 3.10. The minimum absolute atomic E-state index is 0.304. The van der Waals surface area contributed by atoms with Crippen molar-refractivity contribution in [1.29, 1.82) is 5.26 Å². The Morgan fingerprint density at radius 2 is 1.90 bits per heavy atom. The Labute approximate surface area is 169 Å². The lowest BCUT2D eigenvalue weighted by Gasteiger charge is -2.09. The quantitative estimate of drug-likeness (QED) is 0.517. The summed E-state index contributed by atoms with van der Waals surface area (Å²) in [6, 6.07) is 14.2. The number of nitrogens with one attached hydrogen (secondary N) is 1. The van der Waals surface area contributed by atoms with E-state index in [0.29, 0.717) is 30.2 Å². The third kappa shape index (κ3) is 7.03. The van der Waals surface area contributed by atoms with E-state index in [0.717, 1.165) is 11.1 Å². The molecule has 0 radical (unpaired) electrons. The predicted octanol–water partition coefficient (Wildman–Crippen LogP) is 3.36. The maximum Gasteiger partial charge on any atom is 0.331 e. The van der Waals surface area contributed by atoms with Crippen LogP contribution in [0.1, 0.15) is 18.1 Å². The van der Waals surface area contributed by atoms with Gasteiger partial charge in [-0.25, -0.2) is 4.79 Å². The Kier molecular flexibility index (Phi) is 8.27. The number of ether oxygens (including phenoxy) is 3. The number of esters is 1. The lowest BCUT2D eigenvalue weighted by atomic mass is 10.1. The summed E-state index contributed by atoms with van der Waals surface area (Å²) >= 11 is 0. The summed E-state index contributed by atoms with van der Waals surface area (Å²) in [5.74, 6) is 0.0782. The standard InChI is InChI=1S/C22H22N2O5/c1-3-28-19-10-6-17(14-20(19)27-2)7-11-22(26)29-15-21(25)24-18-8-4-16(5-9-18)12-13-23/h4-11,14H,3,12,15H2,1-2H3,(H,24,25)/b11-7+. The van der Waals surface area contributed by atoms with Crippen molar-refractivity contribution in [2.45, 2.75) is 13.3 Å². The molecule has 0 aromatic heterocycles. The molecule has 0 fully saturated rings. The topological polar surface area (TPSA) is 97.6 Å². The SMILES string of the molecule is CCOc1ccc(/C=C/C(=O)OCC(=O)Nc2ccc(CC#N)cc2)cc1OC. The fourth-order valence-electron chi connectivity index (χ4n) is 2.41. The van der Waals surface area contributed by atoms with Gasteiger partial charge in [0.25, 0.3) is 5.91 Å². The van der Waals surface area contributed by atoms with Gasteiger partial charge >= 0.3 is 5.97 Å². The largest absolute Gasteiger partial charge is 0.493 e. The summed E-state index contributed by atoms with van der Waals surface area (Å²) in [7, 11) is 1.54. The first-order valence-electron chi connectivity index (χ1n) is 8.97. The third-order valence-electron chi connectivity index (χ3n) is 3.77. The summed E-state index contributed by atoms with van der Waals surface area (Å²) in [5, 5.41) is 11.3. The number of nitriles is 1. The van der Waals surface area contributed by atoms with Gasteiger partial charge in [-0.2, -0.15) is 5.26 Å². The molecule has 2 rings (SSSR count). The highest BCUT2D eigenvalue weighted by Gasteiger charge is 2.07. The average Bonchev–Trinajstić information content (AvgIpc) is 2.73. The minimum Gasteiger partial charge on any atom is -0.493 e. The average molecular weight is 394 g/mol. The summed E-state index contributed by atoms with van der Waals surface area (Å²) in [6.45, 7) is 1.99. The molecule has 0 aliphatic rings. The molecule has 0 spiro atoms. The van der Waals surface area contributed by atoms with E-state index in [-0.39, 0.29) is 0 Å². The summed E-state index contributed by atoms with van der Waals surface area (Å²) in [5.41, 5.74) is 2.14. The Morgan fingerprint density at radius 1 is 1.14 bits per heavy atom. The van der Waals surface area contributed by atoms with Crippen LogP contribution in [0.2, 0.25) is 0 Å². The maximum atomic E-state index is 11.9. The van der Waals surface area contributed by atoms with Crippen LogP contribution in [0.3, 0.4) is 0 Å². The number of hydrogen-bond acceptors (Lipinski definition) is 6. The van der Waals surface area contributed by atoms with Crippen LogP contribution in [0.4, 0.5) is 5.69 Å². The number of carbonyl (C=O) groups excluding carboxylic acids is 2. The second-order valence-electron chi connectivity index (χ2n) is 5.86. The van der Waals surface area contributed by atoms with Gasteiger partial charge in [-0.05, 0) is 48.4 Å². The van der Waals surface area contributed by atoms with Crippen molar-refractivity contribution in [2.75, 3.05) is 25.6 Å². The molecule has 0 heterocycles. The summed E-state index contributed by atoms with van der Waals surface area (Å²) < 4.78 is 15.6. The Hall–Kier alpha value is -3.79. The number of hydrogen-bond donors (Lipinski definition) is 1. The van der Waals surface area contributed by atoms with E-state index in [4.69, 9.17) is 19.5 Å². The molecule has 0 atom stereocenters. The smallest absolute Gasteiger partial charge is 0.331 e. The molecule has 29 heavy (non-hydrogen) atoms. The van der Waals surface area contributed by atoms with Crippen LogP contribution in [0, 0.1) is 11.3 Å². The van der Waals surface area contributed by atoms with Gasteiger partial charge in [0.15, 0.2) is 18.1 Å². The molecule has 0 aliphatic carbocycles. The van der Waals surface area contributed by atoms with Gasteiger partial charge in [0, 0.05) is 11.8 Å². The normalized spacial score (nSPS) is 10.2. The van der Waals surface area contributed by atoms with E-state index in [1.807, 2.05) is 6.92 Å². The second-order valence-corrected chi connectivity index (χ2v) is 5.86. The number of benzene rings is 2. The first kappa shape index (κ1) is 21.5. The number of rotatable bonds is 9. The molecular formula is C22H22N2O5. The third-order valence-corrected chi connectivity index (χ3v) is 3.77. The van der Waals surface area contributed by atoms with Gasteiger partial charge < -0.3 is 19.5 Å². The van der Waals surface area contributed by atoms with Crippen LogP contribution in [0.5, 0.6) is 11.5 Å². The molecule has 0 bridgehead atoms. The molecule has 0 unspecified atom stereocenters. The Bertz CT molecular complexity index is 914. The van der Waals surface area contributed by atoms with E-state index in [2.05, 4.69) is 11.4 Å². The number of anilines is 1. The van der Waals surface area contributed by atoms with Gasteiger partial charge in [0.1, 0.15) is 0 Å². The van der Waals surface area contributed by atoms with Crippen molar-refractivity contribution >= 4 is 23.6 Å². The molecule has 7 heteroatoms. The van der Waals surface area contributed by atoms with Crippen LogP contribution in [0.15, 0.2) is 48.5 Å². The zero-order valence-electron chi connectivity index (χ0n) is 16.3. The van der Waals surface area contributed by atoms with E-state index in [1.54, 1.807) is 48.5 Å².